The summed E-state index contributed by atoms with van der Waals surface area (Å²) in [5, 5.41) is 2.48. The van der Waals surface area contributed by atoms with Gasteiger partial charge in [0.05, 0.1) is 0 Å². The number of hydrogen-bond donors (Lipinski definition) is 1. The number of rotatable bonds is 2. The van der Waals surface area contributed by atoms with Crippen LogP contribution in [0.15, 0.2) is 35.0 Å². The fourth-order valence-electron chi connectivity index (χ4n) is 1.91. The average molecular weight is 301 g/mol. The SMILES string of the molecule is CC(=O)NC1=NC(=O)C(=Cc2cccc(OC(C)=O)c2)N1C. The minimum Gasteiger partial charge on any atom is -0.427 e. The summed E-state index contributed by atoms with van der Waals surface area (Å²) in [5.74, 6) is -0.617. The summed E-state index contributed by atoms with van der Waals surface area (Å²) < 4.78 is 4.99. The molecule has 0 spiro atoms. The number of nitrogens with zero attached hydrogens (tertiary/aromatic N) is 2. The van der Waals surface area contributed by atoms with Gasteiger partial charge in [0, 0.05) is 20.9 Å². The number of aliphatic imine (C=N–C) groups is 1. The lowest BCUT2D eigenvalue weighted by atomic mass is 10.1. The molecule has 22 heavy (non-hydrogen) atoms. The van der Waals surface area contributed by atoms with E-state index in [9.17, 15) is 14.4 Å². The van der Waals surface area contributed by atoms with E-state index < -0.39 is 11.9 Å². The number of benzene rings is 1. The summed E-state index contributed by atoms with van der Waals surface area (Å²) in [6.45, 7) is 2.65. The van der Waals surface area contributed by atoms with Gasteiger partial charge < -0.3 is 9.64 Å². The largest absolute Gasteiger partial charge is 0.427 e. The molecule has 0 unspecified atom stereocenters. The zero-order valence-corrected chi connectivity index (χ0v) is 12.4. The van der Waals surface area contributed by atoms with Gasteiger partial charge in [0.25, 0.3) is 5.91 Å². The Morgan fingerprint density at radius 1 is 1.32 bits per heavy atom. The predicted octanol–water partition coefficient (Wildman–Crippen LogP) is 0.917. The van der Waals surface area contributed by atoms with Gasteiger partial charge in [0.1, 0.15) is 11.4 Å². The number of amides is 2. The van der Waals surface area contributed by atoms with Crippen LogP contribution in [0, 0.1) is 0 Å². The molecule has 1 aromatic rings. The molecule has 1 aliphatic rings. The van der Waals surface area contributed by atoms with Crippen LogP contribution in [0.1, 0.15) is 19.4 Å². The molecular weight excluding hydrogens is 286 g/mol. The molecule has 7 heteroatoms. The van der Waals surface area contributed by atoms with Crippen molar-refractivity contribution in [3.05, 3.63) is 35.5 Å². The fraction of sp³-hybridized carbons (Fsp3) is 0.200. The molecule has 1 aliphatic heterocycles. The third-order valence-electron chi connectivity index (χ3n) is 2.82. The number of carbonyl (C=O) groups excluding carboxylic acids is 3. The van der Waals surface area contributed by atoms with Crippen LogP contribution < -0.4 is 10.1 Å². The molecule has 1 aromatic carbocycles. The first-order valence-electron chi connectivity index (χ1n) is 6.51. The molecule has 7 nitrogen and oxygen atoms in total. The summed E-state index contributed by atoms with van der Waals surface area (Å²) in [6, 6.07) is 6.74. The van der Waals surface area contributed by atoms with Crippen molar-refractivity contribution in [3.8, 4) is 5.75 Å². The minimum atomic E-state index is -0.455. The van der Waals surface area contributed by atoms with Crippen LogP contribution in [0.4, 0.5) is 0 Å². The Bertz CT molecular complexity index is 706. The molecule has 0 saturated heterocycles. The van der Waals surface area contributed by atoms with Crippen molar-refractivity contribution in [2.24, 2.45) is 4.99 Å². The Hall–Kier alpha value is -2.96. The summed E-state index contributed by atoms with van der Waals surface area (Å²) >= 11 is 0. The first-order chi connectivity index (χ1) is 10.4. The summed E-state index contributed by atoms with van der Waals surface area (Å²) in [4.78, 5) is 39.2. The van der Waals surface area contributed by atoms with Crippen molar-refractivity contribution >= 4 is 29.8 Å². The summed E-state index contributed by atoms with van der Waals surface area (Å²) in [6.07, 6.45) is 1.60. The number of nitrogens with one attached hydrogen (secondary N) is 1. The predicted molar refractivity (Wildman–Crippen MR) is 79.7 cm³/mol. The number of guanidine groups is 1. The number of hydrogen-bond acceptors (Lipinski definition) is 5. The van der Waals surface area contributed by atoms with Crippen molar-refractivity contribution in [2.45, 2.75) is 13.8 Å². The van der Waals surface area contributed by atoms with E-state index in [1.807, 2.05) is 0 Å². The van der Waals surface area contributed by atoms with E-state index in [1.165, 1.54) is 18.7 Å². The van der Waals surface area contributed by atoms with E-state index in [0.29, 0.717) is 17.0 Å². The molecule has 1 heterocycles. The van der Waals surface area contributed by atoms with E-state index >= 15 is 0 Å². The lowest BCUT2D eigenvalue weighted by Crippen LogP contribution is -2.37. The van der Waals surface area contributed by atoms with Crippen LogP contribution in [0.25, 0.3) is 6.08 Å². The molecule has 1 N–H and O–H groups in total. The van der Waals surface area contributed by atoms with E-state index in [1.54, 1.807) is 37.4 Å². The molecule has 2 amide bonds. The van der Waals surface area contributed by atoms with Gasteiger partial charge in [0.2, 0.25) is 11.9 Å². The van der Waals surface area contributed by atoms with E-state index in [-0.39, 0.29) is 11.9 Å². The van der Waals surface area contributed by atoms with Crippen LogP contribution in [0.5, 0.6) is 5.75 Å². The van der Waals surface area contributed by atoms with Crippen LogP contribution >= 0.6 is 0 Å². The molecular formula is C15H15N3O4. The maximum Gasteiger partial charge on any atom is 0.308 e. The Kier molecular flexibility index (Phi) is 4.36. The maximum absolute atomic E-state index is 11.9. The second-order valence-corrected chi connectivity index (χ2v) is 4.68. The topological polar surface area (TPSA) is 88.1 Å². The third kappa shape index (κ3) is 3.57. The van der Waals surface area contributed by atoms with Gasteiger partial charge in [-0.3, -0.25) is 19.7 Å². The summed E-state index contributed by atoms with van der Waals surface area (Å²) in [5.41, 5.74) is 0.983. The molecule has 0 fully saturated rings. The van der Waals surface area contributed by atoms with Crippen molar-refractivity contribution in [1.82, 2.24) is 10.2 Å². The van der Waals surface area contributed by atoms with Crippen LogP contribution in [0.3, 0.4) is 0 Å². The zero-order chi connectivity index (χ0) is 16.3. The van der Waals surface area contributed by atoms with Crippen LogP contribution in [0.2, 0.25) is 0 Å². The number of ether oxygens (including phenoxy) is 1. The fourth-order valence-corrected chi connectivity index (χ4v) is 1.91. The number of carbonyl (C=O) groups is 3. The second kappa shape index (κ2) is 6.21. The van der Waals surface area contributed by atoms with Gasteiger partial charge in [-0.2, -0.15) is 4.99 Å². The Balaban J connectivity index is 2.25. The Morgan fingerprint density at radius 3 is 2.68 bits per heavy atom. The lowest BCUT2D eigenvalue weighted by molar-refractivity contribution is -0.132. The van der Waals surface area contributed by atoms with Crippen molar-refractivity contribution in [3.63, 3.8) is 0 Å². The minimum absolute atomic E-state index is 0.180. The van der Waals surface area contributed by atoms with Crippen molar-refractivity contribution in [1.29, 1.82) is 0 Å². The highest BCUT2D eigenvalue weighted by molar-refractivity contribution is 6.15. The molecule has 114 valence electrons. The Labute approximate surface area is 127 Å². The standard InChI is InChI=1S/C15H15N3O4/c1-9(19)16-15-17-14(21)13(18(15)3)8-11-5-4-6-12(7-11)22-10(2)20/h4-8H,1-3H3,(H,16,17,19,21). The maximum atomic E-state index is 11.9. The first kappa shape index (κ1) is 15.4. The van der Waals surface area contributed by atoms with E-state index in [0.717, 1.165) is 0 Å². The molecule has 0 saturated carbocycles. The monoisotopic (exact) mass is 301 g/mol. The van der Waals surface area contributed by atoms with Gasteiger partial charge in [-0.15, -0.1) is 0 Å². The average Bonchev–Trinajstić information content (AvgIpc) is 2.65. The smallest absolute Gasteiger partial charge is 0.308 e. The molecule has 2 rings (SSSR count). The summed E-state index contributed by atoms with van der Waals surface area (Å²) in [7, 11) is 1.63. The number of likely N-dealkylation sites (N-methyl/N-ethyl adjacent to an activating group) is 1. The van der Waals surface area contributed by atoms with Gasteiger partial charge in [-0.05, 0) is 23.8 Å². The van der Waals surface area contributed by atoms with Gasteiger partial charge in [-0.1, -0.05) is 12.1 Å². The van der Waals surface area contributed by atoms with Crippen molar-refractivity contribution in [2.75, 3.05) is 7.05 Å². The normalized spacial score (nSPS) is 15.8. The Morgan fingerprint density at radius 2 is 2.05 bits per heavy atom. The molecule has 0 aromatic heterocycles. The molecule has 0 atom stereocenters. The van der Waals surface area contributed by atoms with Crippen molar-refractivity contribution < 1.29 is 19.1 Å². The zero-order valence-electron chi connectivity index (χ0n) is 12.4. The lowest BCUT2D eigenvalue weighted by Gasteiger charge is -2.14. The van der Waals surface area contributed by atoms with E-state index in [2.05, 4.69) is 10.3 Å². The van der Waals surface area contributed by atoms with Gasteiger partial charge in [-0.25, -0.2) is 0 Å². The highest BCUT2D eigenvalue weighted by Crippen LogP contribution is 2.20. The van der Waals surface area contributed by atoms with Crippen LogP contribution in [-0.4, -0.2) is 35.7 Å². The second-order valence-electron chi connectivity index (χ2n) is 4.68. The molecule has 0 aliphatic carbocycles. The van der Waals surface area contributed by atoms with Crippen LogP contribution in [-0.2, 0) is 14.4 Å². The third-order valence-corrected chi connectivity index (χ3v) is 2.82. The molecule has 0 bridgehead atoms. The first-order valence-corrected chi connectivity index (χ1v) is 6.51. The quantitative estimate of drug-likeness (QED) is 0.498. The number of esters is 1. The van der Waals surface area contributed by atoms with E-state index in [4.69, 9.17) is 4.74 Å². The van der Waals surface area contributed by atoms with Gasteiger partial charge in [0.15, 0.2) is 0 Å². The highest BCUT2D eigenvalue weighted by atomic mass is 16.5. The van der Waals surface area contributed by atoms with Gasteiger partial charge >= 0.3 is 5.97 Å². The highest BCUT2D eigenvalue weighted by Gasteiger charge is 2.26. The molecule has 0 radical (unpaired) electrons.